The van der Waals surface area contributed by atoms with Gasteiger partial charge in [0.1, 0.15) is 0 Å². The second-order valence-corrected chi connectivity index (χ2v) is 4.66. The van der Waals surface area contributed by atoms with Crippen LogP contribution in [0, 0.1) is 0 Å². The quantitative estimate of drug-likeness (QED) is 0.872. The van der Waals surface area contributed by atoms with Crippen LogP contribution in [0.3, 0.4) is 0 Å². The van der Waals surface area contributed by atoms with Gasteiger partial charge in [0.2, 0.25) is 0 Å². The Kier molecular flexibility index (Phi) is 3.50. The van der Waals surface area contributed by atoms with Crippen LogP contribution < -0.4 is 5.32 Å². The number of rotatable bonds is 2. The van der Waals surface area contributed by atoms with Gasteiger partial charge in [-0.3, -0.25) is 19.8 Å². The Morgan fingerprint density at radius 3 is 3.12 bits per heavy atom. The minimum atomic E-state index is -0.301. The molecule has 0 fully saturated rings. The number of nitrogens with zero attached hydrogens (tertiary/aromatic N) is 3. The second-order valence-electron chi connectivity index (χ2n) is 3.17. The molecule has 0 bridgehead atoms. The molecule has 0 radical (unpaired) electrons. The third-order valence-electron chi connectivity index (χ3n) is 2.06. The molecule has 0 unspecified atom stereocenters. The zero-order valence-corrected chi connectivity index (χ0v) is 10.3. The molecule has 16 heavy (non-hydrogen) atoms. The minimum absolute atomic E-state index is 0.249. The SMILES string of the molecule is CCn1cc(Cl)c(C(=O)NC2=NCCS2)n1. The maximum absolute atomic E-state index is 11.8. The fourth-order valence-corrected chi connectivity index (χ4v) is 2.24. The van der Waals surface area contributed by atoms with E-state index in [-0.39, 0.29) is 11.6 Å². The van der Waals surface area contributed by atoms with Gasteiger partial charge in [0.25, 0.3) is 5.91 Å². The molecule has 1 amide bonds. The van der Waals surface area contributed by atoms with Gasteiger partial charge in [0.15, 0.2) is 10.9 Å². The third-order valence-corrected chi connectivity index (χ3v) is 3.23. The number of aryl methyl sites for hydroxylation is 1. The van der Waals surface area contributed by atoms with Crippen molar-refractivity contribution in [1.29, 1.82) is 0 Å². The van der Waals surface area contributed by atoms with Gasteiger partial charge in [0, 0.05) is 18.5 Å². The van der Waals surface area contributed by atoms with Crippen molar-refractivity contribution in [2.75, 3.05) is 12.3 Å². The Hall–Kier alpha value is -1.01. The summed E-state index contributed by atoms with van der Waals surface area (Å²) in [6.45, 7) is 3.36. The van der Waals surface area contributed by atoms with E-state index in [2.05, 4.69) is 15.4 Å². The molecular formula is C9H11ClN4OS. The summed E-state index contributed by atoms with van der Waals surface area (Å²) >= 11 is 7.44. The number of halogens is 1. The topological polar surface area (TPSA) is 59.3 Å². The Labute approximate surface area is 102 Å². The first-order valence-corrected chi connectivity index (χ1v) is 6.28. The molecule has 2 rings (SSSR count). The van der Waals surface area contributed by atoms with Crippen LogP contribution in [-0.4, -0.2) is 33.2 Å². The summed E-state index contributed by atoms with van der Waals surface area (Å²) in [5.74, 6) is 0.609. The maximum atomic E-state index is 11.8. The number of amides is 1. The van der Waals surface area contributed by atoms with Crippen LogP contribution in [0.4, 0.5) is 0 Å². The number of hydrogen-bond acceptors (Lipinski definition) is 4. The van der Waals surface area contributed by atoms with Crippen molar-refractivity contribution in [3.05, 3.63) is 16.9 Å². The first kappa shape index (κ1) is 11.5. The lowest BCUT2D eigenvalue weighted by molar-refractivity contribution is 0.0972. The average molecular weight is 259 g/mol. The van der Waals surface area contributed by atoms with E-state index in [9.17, 15) is 4.79 Å². The van der Waals surface area contributed by atoms with E-state index in [1.54, 1.807) is 10.9 Å². The van der Waals surface area contributed by atoms with Gasteiger partial charge in [-0.15, -0.1) is 0 Å². The molecule has 0 aliphatic carbocycles. The summed E-state index contributed by atoms with van der Waals surface area (Å²) in [4.78, 5) is 15.9. The fourth-order valence-electron chi connectivity index (χ4n) is 1.28. The molecule has 5 nitrogen and oxygen atoms in total. The van der Waals surface area contributed by atoms with Crippen molar-refractivity contribution < 1.29 is 4.79 Å². The molecule has 86 valence electrons. The highest BCUT2D eigenvalue weighted by molar-refractivity contribution is 8.14. The molecule has 0 saturated carbocycles. The lowest BCUT2D eigenvalue weighted by Gasteiger charge is -2.00. The van der Waals surface area contributed by atoms with Crippen molar-refractivity contribution in [2.24, 2.45) is 4.99 Å². The van der Waals surface area contributed by atoms with E-state index in [1.807, 2.05) is 6.92 Å². The van der Waals surface area contributed by atoms with Gasteiger partial charge in [-0.05, 0) is 6.92 Å². The standard InChI is InChI=1S/C9H11ClN4OS/c1-2-14-5-6(10)7(13-14)8(15)12-9-11-3-4-16-9/h5H,2-4H2,1H3,(H,11,12,15). The van der Waals surface area contributed by atoms with Crippen LogP contribution in [-0.2, 0) is 6.54 Å². The van der Waals surface area contributed by atoms with Crippen LogP contribution in [0.15, 0.2) is 11.2 Å². The van der Waals surface area contributed by atoms with Crippen LogP contribution in [0.1, 0.15) is 17.4 Å². The first-order chi connectivity index (χ1) is 7.70. The van der Waals surface area contributed by atoms with Gasteiger partial charge in [-0.2, -0.15) is 5.10 Å². The van der Waals surface area contributed by atoms with E-state index in [1.165, 1.54) is 11.8 Å². The molecule has 1 aliphatic rings. The number of carbonyl (C=O) groups is 1. The average Bonchev–Trinajstić information content (AvgIpc) is 2.87. The van der Waals surface area contributed by atoms with Crippen molar-refractivity contribution in [1.82, 2.24) is 15.1 Å². The Bertz CT molecular complexity index is 443. The Morgan fingerprint density at radius 1 is 1.75 bits per heavy atom. The molecule has 1 aliphatic heterocycles. The van der Waals surface area contributed by atoms with E-state index in [0.717, 1.165) is 12.3 Å². The van der Waals surface area contributed by atoms with Crippen LogP contribution >= 0.6 is 23.4 Å². The highest BCUT2D eigenvalue weighted by atomic mass is 35.5. The minimum Gasteiger partial charge on any atom is -0.300 e. The number of aromatic nitrogens is 2. The number of hydrogen-bond donors (Lipinski definition) is 1. The van der Waals surface area contributed by atoms with Gasteiger partial charge in [-0.1, -0.05) is 23.4 Å². The Morgan fingerprint density at radius 2 is 2.56 bits per heavy atom. The van der Waals surface area contributed by atoms with Gasteiger partial charge >= 0.3 is 0 Å². The molecular weight excluding hydrogens is 248 g/mol. The highest BCUT2D eigenvalue weighted by Crippen LogP contribution is 2.15. The zero-order valence-electron chi connectivity index (χ0n) is 8.73. The zero-order chi connectivity index (χ0) is 11.5. The molecule has 0 saturated heterocycles. The lowest BCUT2D eigenvalue weighted by atomic mass is 10.4. The number of carbonyl (C=O) groups excluding carboxylic acids is 1. The molecule has 1 N–H and O–H groups in total. The van der Waals surface area contributed by atoms with Gasteiger partial charge < -0.3 is 0 Å². The number of amidine groups is 1. The number of aliphatic imine (C=N–C) groups is 1. The van der Waals surface area contributed by atoms with Crippen LogP contribution in [0.5, 0.6) is 0 Å². The largest absolute Gasteiger partial charge is 0.300 e. The van der Waals surface area contributed by atoms with E-state index in [0.29, 0.717) is 16.7 Å². The van der Waals surface area contributed by atoms with Crippen molar-refractivity contribution in [2.45, 2.75) is 13.5 Å². The van der Waals surface area contributed by atoms with Gasteiger partial charge in [0.05, 0.1) is 11.6 Å². The summed E-state index contributed by atoms with van der Waals surface area (Å²) in [6.07, 6.45) is 1.64. The molecule has 2 heterocycles. The molecule has 0 aromatic carbocycles. The molecule has 0 atom stereocenters. The summed E-state index contributed by atoms with van der Waals surface area (Å²) in [5, 5.41) is 7.78. The van der Waals surface area contributed by atoms with E-state index < -0.39 is 0 Å². The summed E-state index contributed by atoms with van der Waals surface area (Å²) in [6, 6.07) is 0. The molecule has 0 spiro atoms. The van der Waals surface area contributed by atoms with Crippen LogP contribution in [0.2, 0.25) is 5.02 Å². The smallest absolute Gasteiger partial charge is 0.279 e. The number of nitrogens with one attached hydrogen (secondary N) is 1. The van der Waals surface area contributed by atoms with Crippen molar-refractivity contribution in [3.8, 4) is 0 Å². The summed E-state index contributed by atoms with van der Waals surface area (Å²) < 4.78 is 1.63. The van der Waals surface area contributed by atoms with Crippen LogP contribution in [0.25, 0.3) is 0 Å². The fraction of sp³-hybridized carbons (Fsp3) is 0.444. The highest BCUT2D eigenvalue weighted by Gasteiger charge is 2.18. The molecule has 1 aromatic heterocycles. The summed E-state index contributed by atoms with van der Waals surface area (Å²) in [7, 11) is 0. The molecule has 1 aromatic rings. The maximum Gasteiger partial charge on any atom is 0.279 e. The number of thioether (sulfide) groups is 1. The lowest BCUT2D eigenvalue weighted by Crippen LogP contribution is -2.28. The second kappa shape index (κ2) is 4.88. The third kappa shape index (κ3) is 2.38. The Balaban J connectivity index is 2.10. The van der Waals surface area contributed by atoms with Crippen molar-refractivity contribution >= 4 is 34.4 Å². The predicted octanol–water partition coefficient (Wildman–Crippen LogP) is 1.39. The monoisotopic (exact) mass is 258 g/mol. The predicted molar refractivity (Wildman–Crippen MR) is 65.1 cm³/mol. The molecule has 7 heteroatoms. The van der Waals surface area contributed by atoms with E-state index >= 15 is 0 Å². The summed E-state index contributed by atoms with van der Waals surface area (Å²) in [5.41, 5.74) is 0.249. The van der Waals surface area contributed by atoms with Crippen molar-refractivity contribution in [3.63, 3.8) is 0 Å². The van der Waals surface area contributed by atoms with Gasteiger partial charge in [-0.25, -0.2) is 0 Å². The first-order valence-electron chi connectivity index (χ1n) is 4.92. The van der Waals surface area contributed by atoms with E-state index in [4.69, 9.17) is 11.6 Å². The normalized spacial score (nSPS) is 15.0.